The number of aliphatic hydroxyl groups is 2. The second-order valence-corrected chi connectivity index (χ2v) is 6.60. The predicted molar refractivity (Wildman–Crippen MR) is 109 cm³/mol. The molecule has 2 N–H and O–H groups in total. The highest BCUT2D eigenvalue weighted by Gasteiger charge is 2.45. The van der Waals surface area contributed by atoms with E-state index >= 15 is 0 Å². The lowest BCUT2D eigenvalue weighted by Crippen LogP contribution is -2.31. The van der Waals surface area contributed by atoms with Gasteiger partial charge in [0.2, 0.25) is 0 Å². The molecule has 6 nitrogen and oxygen atoms in total. The summed E-state index contributed by atoms with van der Waals surface area (Å²) in [6, 6.07) is 15.0. The van der Waals surface area contributed by atoms with Crippen molar-refractivity contribution in [3.8, 4) is 5.75 Å². The van der Waals surface area contributed by atoms with Gasteiger partial charge >= 0.3 is 0 Å². The average molecular weight is 393 g/mol. The summed E-state index contributed by atoms with van der Waals surface area (Å²) in [6.45, 7) is 4.06. The van der Waals surface area contributed by atoms with Crippen molar-refractivity contribution < 1.29 is 24.5 Å². The summed E-state index contributed by atoms with van der Waals surface area (Å²) in [5.41, 5.74) is 1.17. The molecule has 0 saturated carbocycles. The van der Waals surface area contributed by atoms with Crippen LogP contribution in [0.5, 0.6) is 5.75 Å². The van der Waals surface area contributed by atoms with Gasteiger partial charge < -0.3 is 19.8 Å². The number of carbonyl (C=O) groups excluding carboxylic acids is 2. The van der Waals surface area contributed by atoms with E-state index in [1.807, 2.05) is 30.3 Å². The molecule has 1 atom stereocenters. The maximum atomic E-state index is 12.8. The van der Waals surface area contributed by atoms with Crippen LogP contribution in [0.15, 0.2) is 72.8 Å². The molecule has 29 heavy (non-hydrogen) atoms. The zero-order chi connectivity index (χ0) is 20.8. The highest BCUT2D eigenvalue weighted by Crippen LogP contribution is 2.39. The Labute approximate surface area is 169 Å². The number of ketones is 1. The maximum absolute atomic E-state index is 12.8. The number of hydrogen-bond acceptors (Lipinski definition) is 5. The van der Waals surface area contributed by atoms with Crippen LogP contribution in [0.2, 0.25) is 0 Å². The first kappa shape index (κ1) is 20.4. The number of likely N-dealkylation sites (tertiary alicyclic amines) is 1. The molecule has 1 fully saturated rings. The van der Waals surface area contributed by atoms with Gasteiger partial charge in [-0.05, 0) is 36.2 Å². The molecule has 1 saturated heterocycles. The lowest BCUT2D eigenvalue weighted by atomic mass is 9.95. The molecule has 6 heteroatoms. The van der Waals surface area contributed by atoms with Gasteiger partial charge in [0.25, 0.3) is 11.7 Å². The highest BCUT2D eigenvalue weighted by atomic mass is 16.5. The zero-order valence-corrected chi connectivity index (χ0v) is 16.0. The first-order valence-corrected chi connectivity index (χ1v) is 9.36. The highest BCUT2D eigenvalue weighted by molar-refractivity contribution is 6.46. The smallest absolute Gasteiger partial charge is 0.295 e. The minimum absolute atomic E-state index is 0.0406. The van der Waals surface area contributed by atoms with E-state index in [-0.39, 0.29) is 24.5 Å². The SMILES string of the molecule is C=CCOc1ccc(C(O)=C2C(=O)C(=O)N(CCCO)[C@@H]2c2ccccc2)cc1. The zero-order valence-electron chi connectivity index (χ0n) is 16.0. The van der Waals surface area contributed by atoms with Crippen LogP contribution >= 0.6 is 0 Å². The van der Waals surface area contributed by atoms with Crippen molar-refractivity contribution in [2.45, 2.75) is 12.5 Å². The van der Waals surface area contributed by atoms with E-state index < -0.39 is 17.7 Å². The minimum Gasteiger partial charge on any atom is -0.507 e. The van der Waals surface area contributed by atoms with E-state index in [1.165, 1.54) is 4.90 Å². The molecule has 0 bridgehead atoms. The molecule has 1 aliphatic heterocycles. The number of amides is 1. The third-order valence-corrected chi connectivity index (χ3v) is 4.71. The van der Waals surface area contributed by atoms with Gasteiger partial charge in [-0.2, -0.15) is 0 Å². The molecule has 1 amide bonds. The molecule has 2 aromatic carbocycles. The van der Waals surface area contributed by atoms with Crippen LogP contribution in [-0.4, -0.2) is 46.6 Å². The summed E-state index contributed by atoms with van der Waals surface area (Å²) >= 11 is 0. The Morgan fingerprint density at radius 3 is 2.41 bits per heavy atom. The molecule has 0 radical (unpaired) electrons. The first-order valence-electron chi connectivity index (χ1n) is 9.36. The van der Waals surface area contributed by atoms with Gasteiger partial charge in [0, 0.05) is 18.7 Å². The lowest BCUT2D eigenvalue weighted by molar-refractivity contribution is -0.140. The van der Waals surface area contributed by atoms with E-state index in [0.29, 0.717) is 24.3 Å². The third kappa shape index (κ3) is 4.22. The number of ether oxygens (including phenoxy) is 1. The second kappa shape index (κ2) is 9.21. The maximum Gasteiger partial charge on any atom is 0.295 e. The molecule has 3 rings (SSSR count). The summed E-state index contributed by atoms with van der Waals surface area (Å²) in [4.78, 5) is 26.8. The standard InChI is InChI=1S/C23H23NO5/c1-2-15-29-18-11-9-17(10-12-18)21(26)19-20(16-7-4-3-5-8-16)24(13-6-14-25)23(28)22(19)27/h2-5,7-12,20,25-26H,1,6,13-15H2/t20-/m1/s1. The molecule has 0 spiro atoms. The Hall–Kier alpha value is -3.38. The van der Waals surface area contributed by atoms with Gasteiger partial charge in [0.05, 0.1) is 11.6 Å². The van der Waals surface area contributed by atoms with Crippen LogP contribution in [0.1, 0.15) is 23.6 Å². The topological polar surface area (TPSA) is 87.1 Å². The van der Waals surface area contributed by atoms with Gasteiger partial charge in [-0.25, -0.2) is 0 Å². The van der Waals surface area contributed by atoms with Crippen LogP contribution in [0, 0.1) is 0 Å². The number of benzene rings is 2. The lowest BCUT2D eigenvalue weighted by Gasteiger charge is -2.25. The Balaban J connectivity index is 2.04. The fourth-order valence-electron chi connectivity index (χ4n) is 3.35. The molecule has 0 aliphatic carbocycles. The molecule has 150 valence electrons. The van der Waals surface area contributed by atoms with Crippen molar-refractivity contribution in [1.82, 2.24) is 4.90 Å². The van der Waals surface area contributed by atoms with Gasteiger partial charge in [-0.1, -0.05) is 43.0 Å². The summed E-state index contributed by atoms with van der Waals surface area (Å²) in [5, 5.41) is 20.1. The average Bonchev–Trinajstić information content (AvgIpc) is 3.01. The van der Waals surface area contributed by atoms with Gasteiger partial charge in [0.15, 0.2) is 0 Å². The third-order valence-electron chi connectivity index (χ3n) is 4.71. The van der Waals surface area contributed by atoms with E-state index in [4.69, 9.17) is 4.74 Å². The summed E-state index contributed by atoms with van der Waals surface area (Å²) in [6.07, 6.45) is 1.97. The summed E-state index contributed by atoms with van der Waals surface area (Å²) < 4.78 is 5.44. The Kier molecular flexibility index (Phi) is 6.46. The molecular weight excluding hydrogens is 370 g/mol. The molecular formula is C23H23NO5. The monoisotopic (exact) mass is 393 g/mol. The molecule has 0 aromatic heterocycles. The number of rotatable bonds is 8. The van der Waals surface area contributed by atoms with Gasteiger partial charge in [0.1, 0.15) is 18.1 Å². The number of carbonyl (C=O) groups is 2. The fraction of sp³-hybridized carbons (Fsp3) is 0.217. The molecule has 0 unspecified atom stereocenters. The van der Waals surface area contributed by atoms with Crippen molar-refractivity contribution in [2.75, 3.05) is 19.8 Å². The van der Waals surface area contributed by atoms with Gasteiger partial charge in [-0.3, -0.25) is 9.59 Å². The van der Waals surface area contributed by atoms with Crippen molar-refractivity contribution in [3.05, 3.63) is 84.0 Å². The molecule has 1 heterocycles. The Bertz CT molecular complexity index is 918. The minimum atomic E-state index is -0.735. The van der Waals surface area contributed by atoms with Crippen LogP contribution in [0.25, 0.3) is 5.76 Å². The van der Waals surface area contributed by atoms with Crippen molar-refractivity contribution in [1.29, 1.82) is 0 Å². The summed E-state index contributed by atoms with van der Waals surface area (Å²) in [7, 11) is 0. The Morgan fingerprint density at radius 1 is 1.10 bits per heavy atom. The van der Waals surface area contributed by atoms with Gasteiger partial charge in [-0.15, -0.1) is 0 Å². The van der Waals surface area contributed by atoms with E-state index in [2.05, 4.69) is 6.58 Å². The van der Waals surface area contributed by atoms with E-state index in [9.17, 15) is 19.8 Å². The fourth-order valence-corrected chi connectivity index (χ4v) is 3.35. The van der Waals surface area contributed by atoms with E-state index in [0.717, 1.165) is 5.56 Å². The van der Waals surface area contributed by atoms with Crippen LogP contribution in [0.4, 0.5) is 0 Å². The second-order valence-electron chi connectivity index (χ2n) is 6.60. The quantitative estimate of drug-likeness (QED) is 0.312. The van der Waals surface area contributed by atoms with Crippen LogP contribution in [-0.2, 0) is 9.59 Å². The van der Waals surface area contributed by atoms with Crippen molar-refractivity contribution >= 4 is 17.4 Å². The van der Waals surface area contributed by atoms with E-state index in [1.54, 1.807) is 30.3 Å². The number of nitrogens with zero attached hydrogens (tertiary/aromatic N) is 1. The summed E-state index contributed by atoms with van der Waals surface area (Å²) in [5.74, 6) is -1.05. The van der Waals surface area contributed by atoms with Crippen LogP contribution in [0.3, 0.4) is 0 Å². The van der Waals surface area contributed by atoms with Crippen LogP contribution < -0.4 is 4.74 Å². The van der Waals surface area contributed by atoms with Crippen molar-refractivity contribution in [3.63, 3.8) is 0 Å². The predicted octanol–water partition coefficient (Wildman–Crippen LogP) is 3.06. The number of aliphatic hydroxyl groups excluding tert-OH is 2. The molecule has 1 aliphatic rings. The van der Waals surface area contributed by atoms with Crippen molar-refractivity contribution in [2.24, 2.45) is 0 Å². The normalized spacial score (nSPS) is 18.1. The largest absolute Gasteiger partial charge is 0.507 e. The number of Topliss-reactive ketones (excluding diaryl/α,β-unsaturated/α-hetero) is 1. The molecule has 2 aromatic rings. The number of hydrogen-bond donors (Lipinski definition) is 2. The first-order chi connectivity index (χ1) is 14.1. The Morgan fingerprint density at radius 2 is 1.79 bits per heavy atom.